The zero-order valence-electron chi connectivity index (χ0n) is 29.6. The fourth-order valence-electron chi connectivity index (χ4n) is 9.26. The Bertz CT molecular complexity index is 2820. The van der Waals surface area contributed by atoms with Crippen LogP contribution in [-0.4, -0.2) is 10.5 Å². The second kappa shape index (κ2) is 12.1. The topological polar surface area (TPSA) is 21.7 Å². The quantitative estimate of drug-likeness (QED) is 0.179. The van der Waals surface area contributed by atoms with E-state index in [1.54, 1.807) is 0 Å². The van der Waals surface area contributed by atoms with Crippen molar-refractivity contribution in [1.82, 2.24) is 4.68 Å². The van der Waals surface area contributed by atoms with Crippen LogP contribution in [0.2, 0.25) is 0 Å². The summed E-state index contributed by atoms with van der Waals surface area (Å²) in [5.74, 6) is 1.04. The maximum Gasteiger partial charge on any atom is 0.261 e. The highest BCUT2D eigenvalue weighted by molar-refractivity contribution is 6.12. The number of aromatic nitrogens is 1. The van der Waals surface area contributed by atoms with Crippen molar-refractivity contribution in [2.24, 2.45) is 4.99 Å². The van der Waals surface area contributed by atoms with Crippen LogP contribution in [0.4, 0.5) is 0 Å². The lowest BCUT2D eigenvalue weighted by molar-refractivity contribution is -0.901. The molecule has 3 nitrogen and oxygen atoms in total. The van der Waals surface area contributed by atoms with E-state index < -0.39 is 5.41 Å². The van der Waals surface area contributed by atoms with Crippen molar-refractivity contribution >= 4 is 27.6 Å². The standard InChI is InChI=1S/C51H35N3/c1-6-18-35(19-7-1)38-30-31-42-44-33-46-43(41-28-16-17-29-45(41)51(46,39-24-12-4-13-25-39)40-26-14-5-15-27-40)34-48(44)53(47(42)32-38)54-49(36-20-8-2-9-21-36)52-50(54)37-22-10-3-11-23-37/h1-34,49H/p+1. The molecule has 11 rings (SSSR count). The molecule has 2 unspecified atom stereocenters. The summed E-state index contributed by atoms with van der Waals surface area (Å²) in [6.45, 7) is 0. The van der Waals surface area contributed by atoms with Crippen LogP contribution >= 0.6 is 0 Å². The molecule has 0 spiro atoms. The van der Waals surface area contributed by atoms with E-state index >= 15 is 0 Å². The second-order valence-corrected chi connectivity index (χ2v) is 14.4. The first-order chi connectivity index (χ1) is 26.8. The summed E-state index contributed by atoms with van der Waals surface area (Å²) in [7, 11) is 0. The van der Waals surface area contributed by atoms with Gasteiger partial charge < -0.3 is 0 Å². The van der Waals surface area contributed by atoms with Crippen molar-refractivity contribution in [2.75, 3.05) is 0 Å². The second-order valence-electron chi connectivity index (χ2n) is 14.4. The fourth-order valence-corrected chi connectivity index (χ4v) is 9.26. The van der Waals surface area contributed by atoms with E-state index in [1.165, 1.54) is 76.9 Å². The van der Waals surface area contributed by atoms with Gasteiger partial charge in [0, 0.05) is 16.3 Å². The zero-order chi connectivity index (χ0) is 35.6. The Hall–Kier alpha value is -6.81. The zero-order valence-corrected chi connectivity index (χ0v) is 29.6. The number of fused-ring (bicyclic) bond motifs is 6. The van der Waals surface area contributed by atoms with E-state index in [9.17, 15) is 0 Å². The van der Waals surface area contributed by atoms with Crippen LogP contribution in [0.25, 0.3) is 44.1 Å². The summed E-state index contributed by atoms with van der Waals surface area (Å²) in [6, 6.07) is 75.4. The molecule has 254 valence electrons. The number of hydrogen-bond donors (Lipinski definition) is 1. The van der Waals surface area contributed by atoms with Crippen LogP contribution in [0.3, 0.4) is 0 Å². The van der Waals surface area contributed by atoms with E-state index in [0.717, 1.165) is 11.4 Å². The lowest BCUT2D eigenvalue weighted by Gasteiger charge is -2.35. The fraction of sp³-hybridized carbons (Fsp3) is 0.0392. The van der Waals surface area contributed by atoms with Gasteiger partial charge in [0.2, 0.25) is 6.17 Å². The molecule has 8 aromatic carbocycles. The number of aliphatic imine (C=N–C) groups is 1. The molecule has 9 aromatic rings. The van der Waals surface area contributed by atoms with Gasteiger partial charge in [0.25, 0.3) is 5.84 Å². The predicted octanol–water partition coefficient (Wildman–Crippen LogP) is 10.6. The molecule has 2 atom stereocenters. The minimum atomic E-state index is -0.478. The molecule has 0 bridgehead atoms. The number of nitrogens with zero attached hydrogens (tertiary/aromatic N) is 2. The average Bonchev–Trinajstić information content (AvgIpc) is 3.70. The molecule has 54 heavy (non-hydrogen) atoms. The minimum absolute atomic E-state index is 0.103. The maximum absolute atomic E-state index is 5.36. The molecule has 0 amide bonds. The minimum Gasteiger partial charge on any atom is -0.184 e. The first-order valence-electron chi connectivity index (χ1n) is 18.8. The highest BCUT2D eigenvalue weighted by atomic mass is 15.7. The van der Waals surface area contributed by atoms with Crippen LogP contribution in [0.1, 0.15) is 39.5 Å². The van der Waals surface area contributed by atoms with E-state index in [0.29, 0.717) is 0 Å². The molecule has 3 heteroatoms. The van der Waals surface area contributed by atoms with Crippen LogP contribution in [-0.2, 0) is 5.41 Å². The van der Waals surface area contributed by atoms with Gasteiger partial charge in [-0.25, -0.2) is 0 Å². The van der Waals surface area contributed by atoms with Crippen molar-refractivity contribution in [3.05, 3.63) is 240 Å². The van der Waals surface area contributed by atoms with Crippen LogP contribution in [0.5, 0.6) is 0 Å². The lowest BCUT2D eigenvalue weighted by Crippen LogP contribution is -3.21. The van der Waals surface area contributed by atoms with Crippen molar-refractivity contribution in [2.45, 2.75) is 11.6 Å². The van der Waals surface area contributed by atoms with E-state index in [4.69, 9.17) is 4.99 Å². The molecular formula is C51H36N3+. The van der Waals surface area contributed by atoms with Crippen molar-refractivity contribution < 1.29 is 5.01 Å². The first kappa shape index (κ1) is 30.8. The molecule has 0 saturated heterocycles. The summed E-state index contributed by atoms with van der Waals surface area (Å²) < 4.78 is 2.54. The molecule has 2 aliphatic rings. The Morgan fingerprint density at radius 2 is 0.981 bits per heavy atom. The third kappa shape index (κ3) is 4.43. The lowest BCUT2D eigenvalue weighted by atomic mass is 9.67. The summed E-state index contributed by atoms with van der Waals surface area (Å²) >= 11 is 0. The third-order valence-corrected chi connectivity index (χ3v) is 11.6. The highest BCUT2D eigenvalue weighted by Crippen LogP contribution is 2.57. The average molecular weight is 691 g/mol. The molecule has 1 aliphatic carbocycles. The third-order valence-electron chi connectivity index (χ3n) is 11.6. The van der Waals surface area contributed by atoms with Crippen LogP contribution < -0.4 is 5.01 Å². The van der Waals surface area contributed by atoms with Gasteiger partial charge in [0.1, 0.15) is 11.0 Å². The predicted molar refractivity (Wildman–Crippen MR) is 221 cm³/mol. The number of rotatable bonds is 6. The number of nitrogens with one attached hydrogen (secondary N) is 1. The van der Waals surface area contributed by atoms with Crippen molar-refractivity contribution in [3.8, 4) is 22.3 Å². The van der Waals surface area contributed by atoms with Gasteiger partial charge in [-0.1, -0.05) is 176 Å². The summed E-state index contributed by atoms with van der Waals surface area (Å²) in [6.07, 6.45) is -0.103. The Morgan fingerprint density at radius 3 is 1.65 bits per heavy atom. The number of amidine groups is 1. The monoisotopic (exact) mass is 690 g/mol. The molecule has 0 saturated carbocycles. The summed E-state index contributed by atoms with van der Waals surface area (Å²) in [5.41, 5.74) is 14.4. The Morgan fingerprint density at radius 1 is 0.426 bits per heavy atom. The van der Waals surface area contributed by atoms with Crippen molar-refractivity contribution in [1.29, 1.82) is 0 Å². The Kier molecular flexibility index (Phi) is 6.91. The molecule has 0 radical (unpaired) electrons. The SMILES string of the molecule is c1ccc(C2=NC(c3ccccc3)[NH+]2n2c3cc(-c4ccccc4)ccc3c3cc4c(cc32)-c2ccccc2C4(c2ccccc2)c2ccccc2)cc1. The molecular weight excluding hydrogens is 655 g/mol. The van der Waals surface area contributed by atoms with Gasteiger partial charge in [-0.05, 0) is 74.8 Å². The molecule has 1 N–H and O–H groups in total. The van der Waals surface area contributed by atoms with E-state index in [2.05, 4.69) is 211 Å². The van der Waals surface area contributed by atoms with Gasteiger partial charge in [0.15, 0.2) is 0 Å². The Labute approximate surface area is 314 Å². The largest absolute Gasteiger partial charge is 0.261 e. The number of benzene rings is 8. The molecule has 2 heterocycles. The van der Waals surface area contributed by atoms with Gasteiger partial charge in [-0.3, -0.25) is 0 Å². The van der Waals surface area contributed by atoms with Crippen molar-refractivity contribution in [3.63, 3.8) is 0 Å². The van der Waals surface area contributed by atoms with E-state index in [1.807, 2.05) is 0 Å². The highest BCUT2D eigenvalue weighted by Gasteiger charge is 2.48. The Balaban J connectivity index is 1.26. The number of hydrogen-bond acceptors (Lipinski definition) is 1. The van der Waals surface area contributed by atoms with Gasteiger partial charge in [0.05, 0.1) is 11.0 Å². The van der Waals surface area contributed by atoms with Gasteiger partial charge >= 0.3 is 0 Å². The summed E-state index contributed by atoms with van der Waals surface area (Å²) in [4.78, 5) is 5.36. The summed E-state index contributed by atoms with van der Waals surface area (Å²) in [5, 5.41) is 3.68. The molecule has 1 aromatic heterocycles. The van der Waals surface area contributed by atoms with Crippen LogP contribution in [0.15, 0.2) is 211 Å². The van der Waals surface area contributed by atoms with E-state index in [-0.39, 0.29) is 6.17 Å². The smallest absolute Gasteiger partial charge is 0.184 e. The molecule has 0 fully saturated rings. The van der Waals surface area contributed by atoms with Gasteiger partial charge in [-0.15, -0.1) is 0 Å². The maximum atomic E-state index is 5.36. The molecule has 1 aliphatic heterocycles. The normalized spacial score (nSPS) is 16.8. The number of quaternary nitrogens is 1. The van der Waals surface area contributed by atoms with Gasteiger partial charge in [-0.2, -0.15) is 14.7 Å². The van der Waals surface area contributed by atoms with Crippen LogP contribution in [0, 0.1) is 0 Å². The first-order valence-corrected chi connectivity index (χ1v) is 18.8.